The van der Waals surface area contributed by atoms with Gasteiger partial charge in [-0.05, 0) is 25.7 Å². The highest BCUT2D eigenvalue weighted by molar-refractivity contribution is 4.52. The van der Waals surface area contributed by atoms with E-state index < -0.39 is 0 Å². The van der Waals surface area contributed by atoms with Crippen LogP contribution in [0.1, 0.15) is 39.5 Å². The molecule has 0 fully saturated rings. The van der Waals surface area contributed by atoms with Gasteiger partial charge in [0.2, 0.25) is 0 Å². The molecular formula is C10H26N4. The lowest BCUT2D eigenvalue weighted by Crippen LogP contribution is -2.35. The number of hydrazine groups is 2. The maximum Gasteiger partial charge on any atom is 0.0129 e. The molecule has 0 radical (unpaired) electrons. The van der Waals surface area contributed by atoms with Gasteiger partial charge >= 0.3 is 0 Å². The highest BCUT2D eigenvalue weighted by atomic mass is 15.4. The molecule has 0 aromatic heterocycles. The molecule has 14 heavy (non-hydrogen) atoms. The SMILES string of the molecule is CCCN(N)CCCCN(N)CCC. The second kappa shape index (κ2) is 9.40. The molecule has 0 saturated heterocycles. The quantitative estimate of drug-likeness (QED) is 0.332. The van der Waals surface area contributed by atoms with Gasteiger partial charge in [0.25, 0.3) is 0 Å². The first-order valence-corrected chi connectivity index (χ1v) is 5.70. The zero-order valence-corrected chi connectivity index (χ0v) is 9.71. The number of hydrogen-bond donors (Lipinski definition) is 2. The summed E-state index contributed by atoms with van der Waals surface area (Å²) < 4.78 is 0. The van der Waals surface area contributed by atoms with Gasteiger partial charge in [0.15, 0.2) is 0 Å². The average Bonchev–Trinajstić information content (AvgIpc) is 2.13. The molecule has 4 heteroatoms. The van der Waals surface area contributed by atoms with Gasteiger partial charge in [0, 0.05) is 26.2 Å². The molecule has 0 spiro atoms. The van der Waals surface area contributed by atoms with E-state index in [9.17, 15) is 0 Å². The first kappa shape index (κ1) is 13.8. The van der Waals surface area contributed by atoms with E-state index in [0.717, 1.165) is 51.9 Å². The van der Waals surface area contributed by atoms with Crippen LogP contribution in [0.4, 0.5) is 0 Å². The Morgan fingerprint density at radius 1 is 0.714 bits per heavy atom. The minimum atomic E-state index is 0.980. The van der Waals surface area contributed by atoms with Crippen LogP contribution in [-0.2, 0) is 0 Å². The van der Waals surface area contributed by atoms with Crippen LogP contribution in [0.25, 0.3) is 0 Å². The molecule has 0 bridgehead atoms. The van der Waals surface area contributed by atoms with Crippen LogP contribution in [0.15, 0.2) is 0 Å². The van der Waals surface area contributed by atoms with Crippen molar-refractivity contribution in [2.75, 3.05) is 26.2 Å². The number of unbranched alkanes of at least 4 members (excludes halogenated alkanes) is 1. The smallest absolute Gasteiger partial charge is 0.0129 e. The number of nitrogens with two attached hydrogens (primary N) is 2. The van der Waals surface area contributed by atoms with Crippen LogP contribution in [0.2, 0.25) is 0 Å². The van der Waals surface area contributed by atoms with Crippen LogP contribution >= 0.6 is 0 Å². The summed E-state index contributed by atoms with van der Waals surface area (Å²) in [6.45, 7) is 8.22. The highest BCUT2D eigenvalue weighted by Gasteiger charge is 1.99. The Labute approximate surface area is 88.2 Å². The Balaban J connectivity index is 3.19. The van der Waals surface area contributed by atoms with Gasteiger partial charge in [-0.15, -0.1) is 0 Å². The second-order valence-corrected chi connectivity index (χ2v) is 3.78. The molecule has 4 nitrogen and oxygen atoms in total. The third-order valence-electron chi connectivity index (χ3n) is 2.16. The number of hydrogen-bond acceptors (Lipinski definition) is 4. The van der Waals surface area contributed by atoms with Crippen molar-refractivity contribution in [3.05, 3.63) is 0 Å². The summed E-state index contributed by atoms with van der Waals surface area (Å²) in [4.78, 5) is 0. The average molecular weight is 202 g/mol. The second-order valence-electron chi connectivity index (χ2n) is 3.78. The van der Waals surface area contributed by atoms with Crippen molar-refractivity contribution >= 4 is 0 Å². The van der Waals surface area contributed by atoms with Crippen LogP contribution in [0.5, 0.6) is 0 Å². The van der Waals surface area contributed by atoms with Gasteiger partial charge in [-0.1, -0.05) is 13.8 Å². The van der Waals surface area contributed by atoms with Crippen molar-refractivity contribution in [1.29, 1.82) is 0 Å². The lowest BCUT2D eigenvalue weighted by atomic mass is 10.3. The molecule has 0 rings (SSSR count). The fourth-order valence-corrected chi connectivity index (χ4v) is 1.43. The zero-order valence-electron chi connectivity index (χ0n) is 9.71. The molecule has 0 aromatic carbocycles. The van der Waals surface area contributed by atoms with E-state index in [1.54, 1.807) is 0 Å². The Bertz CT molecular complexity index is 105. The predicted octanol–water partition coefficient (Wildman–Crippen LogP) is 0.938. The van der Waals surface area contributed by atoms with Crippen molar-refractivity contribution in [3.63, 3.8) is 0 Å². The van der Waals surface area contributed by atoms with Gasteiger partial charge in [0.1, 0.15) is 0 Å². The molecule has 0 aliphatic rings. The Hall–Kier alpha value is -0.160. The third kappa shape index (κ3) is 8.44. The standard InChI is InChI=1S/C10H26N4/c1-3-7-13(11)9-5-6-10-14(12)8-4-2/h3-12H2,1-2H3. The van der Waals surface area contributed by atoms with Crippen molar-refractivity contribution in [1.82, 2.24) is 10.0 Å². The van der Waals surface area contributed by atoms with E-state index >= 15 is 0 Å². The molecular weight excluding hydrogens is 176 g/mol. The van der Waals surface area contributed by atoms with E-state index in [1.807, 2.05) is 10.0 Å². The van der Waals surface area contributed by atoms with Crippen molar-refractivity contribution in [2.45, 2.75) is 39.5 Å². The van der Waals surface area contributed by atoms with Crippen LogP contribution in [-0.4, -0.2) is 36.2 Å². The van der Waals surface area contributed by atoms with Gasteiger partial charge in [-0.25, -0.2) is 10.0 Å². The maximum absolute atomic E-state index is 5.75. The Morgan fingerprint density at radius 3 is 1.36 bits per heavy atom. The van der Waals surface area contributed by atoms with Crippen molar-refractivity contribution in [2.24, 2.45) is 11.7 Å². The summed E-state index contributed by atoms with van der Waals surface area (Å²) in [5.74, 6) is 11.5. The fourth-order valence-electron chi connectivity index (χ4n) is 1.43. The summed E-state index contributed by atoms with van der Waals surface area (Å²) in [6, 6.07) is 0. The summed E-state index contributed by atoms with van der Waals surface area (Å²) in [7, 11) is 0. The molecule has 4 N–H and O–H groups in total. The first-order valence-electron chi connectivity index (χ1n) is 5.70. The van der Waals surface area contributed by atoms with Gasteiger partial charge < -0.3 is 0 Å². The predicted molar refractivity (Wildman–Crippen MR) is 61.3 cm³/mol. The maximum atomic E-state index is 5.75. The van der Waals surface area contributed by atoms with E-state index in [1.165, 1.54) is 0 Å². The highest BCUT2D eigenvalue weighted by Crippen LogP contribution is 1.94. The van der Waals surface area contributed by atoms with Gasteiger partial charge in [0.05, 0.1) is 0 Å². The molecule has 0 aliphatic heterocycles. The summed E-state index contributed by atoms with van der Waals surface area (Å²) in [5, 5.41) is 3.78. The Morgan fingerprint density at radius 2 is 1.07 bits per heavy atom. The van der Waals surface area contributed by atoms with Crippen LogP contribution in [0.3, 0.4) is 0 Å². The summed E-state index contributed by atoms with van der Waals surface area (Å²) in [6.07, 6.45) is 4.51. The van der Waals surface area contributed by atoms with Crippen molar-refractivity contribution in [3.8, 4) is 0 Å². The van der Waals surface area contributed by atoms with E-state index in [-0.39, 0.29) is 0 Å². The first-order chi connectivity index (χ1) is 6.70. The lowest BCUT2D eigenvalue weighted by molar-refractivity contribution is 0.248. The summed E-state index contributed by atoms with van der Waals surface area (Å²) >= 11 is 0. The van der Waals surface area contributed by atoms with Gasteiger partial charge in [-0.2, -0.15) is 0 Å². The van der Waals surface area contributed by atoms with Crippen molar-refractivity contribution < 1.29 is 0 Å². The molecule has 0 amide bonds. The third-order valence-corrected chi connectivity index (χ3v) is 2.16. The van der Waals surface area contributed by atoms with Gasteiger partial charge in [-0.3, -0.25) is 11.7 Å². The van der Waals surface area contributed by atoms with E-state index in [0.29, 0.717) is 0 Å². The number of rotatable bonds is 9. The van der Waals surface area contributed by atoms with Crippen LogP contribution in [0, 0.1) is 0 Å². The molecule has 0 atom stereocenters. The topological polar surface area (TPSA) is 58.5 Å². The molecule has 0 unspecified atom stereocenters. The summed E-state index contributed by atoms with van der Waals surface area (Å²) in [5.41, 5.74) is 0. The molecule has 86 valence electrons. The fraction of sp³-hybridized carbons (Fsp3) is 1.00. The lowest BCUT2D eigenvalue weighted by Gasteiger charge is -2.17. The van der Waals surface area contributed by atoms with E-state index in [2.05, 4.69) is 13.8 Å². The molecule has 0 aromatic rings. The molecule has 0 saturated carbocycles. The number of nitrogens with zero attached hydrogens (tertiary/aromatic N) is 2. The Kier molecular flexibility index (Phi) is 9.29. The molecule has 0 heterocycles. The minimum absolute atomic E-state index is 0.980. The minimum Gasteiger partial charge on any atom is -0.269 e. The molecule has 0 aliphatic carbocycles. The monoisotopic (exact) mass is 202 g/mol. The largest absolute Gasteiger partial charge is 0.269 e. The normalized spacial score (nSPS) is 11.6. The zero-order chi connectivity index (χ0) is 10.8. The van der Waals surface area contributed by atoms with E-state index in [4.69, 9.17) is 11.7 Å². The van der Waals surface area contributed by atoms with Crippen LogP contribution < -0.4 is 11.7 Å².